The summed E-state index contributed by atoms with van der Waals surface area (Å²) in [6.07, 6.45) is 0. The molecule has 1 aliphatic heterocycles. The fourth-order valence-corrected chi connectivity index (χ4v) is 2.80. The molecule has 5 nitrogen and oxygen atoms in total. The number of anilines is 1. The number of aliphatic hydroxyl groups is 1. The summed E-state index contributed by atoms with van der Waals surface area (Å²) in [4.78, 5) is 7.00. The molecule has 112 valence electrons. The van der Waals surface area contributed by atoms with Crippen molar-refractivity contribution in [3.63, 3.8) is 0 Å². The van der Waals surface area contributed by atoms with E-state index in [1.54, 1.807) is 0 Å². The number of fused-ring (bicyclic) bond motifs is 1. The number of hydrogen-bond acceptors (Lipinski definition) is 5. The van der Waals surface area contributed by atoms with E-state index in [1.807, 2.05) is 25.2 Å². The van der Waals surface area contributed by atoms with E-state index < -0.39 is 0 Å². The van der Waals surface area contributed by atoms with Gasteiger partial charge >= 0.3 is 0 Å². The summed E-state index contributed by atoms with van der Waals surface area (Å²) < 4.78 is 5.47. The van der Waals surface area contributed by atoms with Crippen molar-refractivity contribution < 1.29 is 9.84 Å². The maximum atomic E-state index is 9.59. The van der Waals surface area contributed by atoms with Crippen molar-refractivity contribution in [2.45, 2.75) is 12.6 Å². The topological polar surface area (TPSA) is 57.6 Å². The van der Waals surface area contributed by atoms with E-state index in [4.69, 9.17) is 9.72 Å². The van der Waals surface area contributed by atoms with Crippen LogP contribution in [0.15, 0.2) is 30.3 Å². The summed E-state index contributed by atoms with van der Waals surface area (Å²) in [6, 6.07) is 10.3. The van der Waals surface area contributed by atoms with Crippen LogP contribution in [0.25, 0.3) is 10.9 Å². The van der Waals surface area contributed by atoms with Crippen LogP contribution in [-0.4, -0.2) is 49.5 Å². The molecule has 2 N–H and O–H groups in total. The number of nitrogens with zero attached hydrogens (tertiary/aromatic N) is 2. The SMILES string of the molecule is CNCc1cc2ccccc2nc1N1CCOCC1CO. The Hall–Kier alpha value is -1.69. The van der Waals surface area contributed by atoms with Crippen molar-refractivity contribution >= 4 is 16.7 Å². The molecule has 1 fully saturated rings. The van der Waals surface area contributed by atoms with Gasteiger partial charge in [-0.15, -0.1) is 0 Å². The normalized spacial score (nSPS) is 19.1. The first-order valence-electron chi connectivity index (χ1n) is 7.32. The highest BCUT2D eigenvalue weighted by atomic mass is 16.5. The van der Waals surface area contributed by atoms with Gasteiger partial charge < -0.3 is 20.1 Å². The third-order valence-electron chi connectivity index (χ3n) is 3.86. The number of hydrogen-bond donors (Lipinski definition) is 2. The van der Waals surface area contributed by atoms with Crippen molar-refractivity contribution in [2.75, 3.05) is 38.3 Å². The Balaban J connectivity index is 2.07. The van der Waals surface area contributed by atoms with Crippen molar-refractivity contribution in [1.29, 1.82) is 0 Å². The molecule has 0 radical (unpaired) electrons. The lowest BCUT2D eigenvalue weighted by atomic mass is 10.1. The third kappa shape index (κ3) is 2.85. The van der Waals surface area contributed by atoms with Gasteiger partial charge in [0.2, 0.25) is 0 Å². The highest BCUT2D eigenvalue weighted by Gasteiger charge is 2.25. The van der Waals surface area contributed by atoms with Gasteiger partial charge in [0.15, 0.2) is 0 Å². The third-order valence-corrected chi connectivity index (χ3v) is 3.86. The maximum absolute atomic E-state index is 9.59. The van der Waals surface area contributed by atoms with Crippen LogP contribution in [0.2, 0.25) is 0 Å². The lowest BCUT2D eigenvalue weighted by Gasteiger charge is -2.36. The zero-order chi connectivity index (χ0) is 14.7. The lowest BCUT2D eigenvalue weighted by Crippen LogP contribution is -2.48. The van der Waals surface area contributed by atoms with E-state index in [2.05, 4.69) is 22.3 Å². The average molecular weight is 287 g/mol. The van der Waals surface area contributed by atoms with Gasteiger partial charge in [0, 0.05) is 24.0 Å². The van der Waals surface area contributed by atoms with Gasteiger partial charge in [0.1, 0.15) is 5.82 Å². The molecule has 1 unspecified atom stereocenters. The van der Waals surface area contributed by atoms with Crippen molar-refractivity contribution in [1.82, 2.24) is 10.3 Å². The Morgan fingerprint density at radius 3 is 3.10 bits per heavy atom. The van der Waals surface area contributed by atoms with Crippen LogP contribution in [0.1, 0.15) is 5.56 Å². The molecule has 5 heteroatoms. The highest BCUT2D eigenvalue weighted by Crippen LogP contribution is 2.26. The number of aromatic nitrogens is 1. The van der Waals surface area contributed by atoms with Crippen LogP contribution in [0, 0.1) is 0 Å². The van der Waals surface area contributed by atoms with Gasteiger partial charge in [-0.1, -0.05) is 18.2 Å². The van der Waals surface area contributed by atoms with Crippen LogP contribution >= 0.6 is 0 Å². The van der Waals surface area contributed by atoms with Crippen LogP contribution in [0.4, 0.5) is 5.82 Å². The van der Waals surface area contributed by atoms with Crippen LogP contribution in [0.3, 0.4) is 0 Å². The Bertz CT molecular complexity index is 617. The molecule has 2 heterocycles. The molecular formula is C16H21N3O2. The number of rotatable bonds is 4. The number of ether oxygens (including phenoxy) is 1. The number of morpholine rings is 1. The van der Waals surface area contributed by atoms with Crippen LogP contribution in [-0.2, 0) is 11.3 Å². The molecule has 0 bridgehead atoms. The van der Waals surface area contributed by atoms with E-state index in [-0.39, 0.29) is 12.6 Å². The zero-order valence-electron chi connectivity index (χ0n) is 12.2. The zero-order valence-corrected chi connectivity index (χ0v) is 12.2. The monoisotopic (exact) mass is 287 g/mol. The van der Waals surface area contributed by atoms with Gasteiger partial charge in [-0.25, -0.2) is 4.98 Å². The van der Waals surface area contributed by atoms with Crippen LogP contribution < -0.4 is 10.2 Å². The molecule has 1 atom stereocenters. The minimum Gasteiger partial charge on any atom is -0.394 e. The molecule has 0 spiro atoms. The summed E-state index contributed by atoms with van der Waals surface area (Å²) >= 11 is 0. The van der Waals surface area contributed by atoms with E-state index in [9.17, 15) is 5.11 Å². The van der Waals surface area contributed by atoms with E-state index in [1.165, 1.54) is 0 Å². The Morgan fingerprint density at radius 2 is 2.29 bits per heavy atom. The number of aliphatic hydroxyl groups excluding tert-OH is 1. The van der Waals surface area contributed by atoms with Crippen molar-refractivity contribution in [3.05, 3.63) is 35.9 Å². The highest BCUT2D eigenvalue weighted by molar-refractivity contribution is 5.82. The average Bonchev–Trinajstić information content (AvgIpc) is 2.54. The fourth-order valence-electron chi connectivity index (χ4n) is 2.80. The predicted octanol–water partition coefficient (Wildman–Crippen LogP) is 1.15. The second-order valence-corrected chi connectivity index (χ2v) is 5.30. The maximum Gasteiger partial charge on any atom is 0.134 e. The molecular weight excluding hydrogens is 266 g/mol. The second kappa shape index (κ2) is 6.39. The van der Waals surface area contributed by atoms with Gasteiger partial charge in [-0.2, -0.15) is 0 Å². The molecule has 3 rings (SSSR count). The number of nitrogens with one attached hydrogen (secondary N) is 1. The fraction of sp³-hybridized carbons (Fsp3) is 0.438. The Labute approximate surface area is 124 Å². The van der Waals surface area contributed by atoms with E-state index in [0.717, 1.165) is 35.4 Å². The number of para-hydroxylation sites is 1. The lowest BCUT2D eigenvalue weighted by molar-refractivity contribution is 0.0722. The molecule has 1 aliphatic rings. The summed E-state index contributed by atoms with van der Waals surface area (Å²) in [5, 5.41) is 13.9. The summed E-state index contributed by atoms with van der Waals surface area (Å²) in [5.74, 6) is 0.949. The molecule has 0 amide bonds. The van der Waals surface area contributed by atoms with Gasteiger partial charge in [-0.05, 0) is 19.2 Å². The smallest absolute Gasteiger partial charge is 0.134 e. The molecule has 1 aromatic heterocycles. The van der Waals surface area contributed by atoms with E-state index in [0.29, 0.717) is 13.2 Å². The molecule has 2 aromatic rings. The van der Waals surface area contributed by atoms with Crippen LogP contribution in [0.5, 0.6) is 0 Å². The number of benzene rings is 1. The molecule has 1 aromatic carbocycles. The standard InChI is InChI=1S/C16H21N3O2/c1-17-9-13-8-12-4-2-3-5-15(12)18-16(13)19-6-7-21-11-14(19)10-20/h2-5,8,14,17,20H,6-7,9-11H2,1H3. The first-order chi connectivity index (χ1) is 10.3. The molecule has 0 aliphatic carbocycles. The molecule has 0 saturated carbocycles. The number of pyridine rings is 1. The summed E-state index contributed by atoms with van der Waals surface area (Å²) in [5.41, 5.74) is 2.13. The minimum absolute atomic E-state index is 0.0250. The summed E-state index contributed by atoms with van der Waals surface area (Å²) in [7, 11) is 1.93. The molecule has 21 heavy (non-hydrogen) atoms. The van der Waals surface area contributed by atoms with Crippen molar-refractivity contribution in [3.8, 4) is 0 Å². The van der Waals surface area contributed by atoms with Gasteiger partial charge in [0.05, 0.1) is 31.4 Å². The predicted molar refractivity (Wildman–Crippen MR) is 83.5 cm³/mol. The van der Waals surface area contributed by atoms with Gasteiger partial charge in [0.25, 0.3) is 0 Å². The van der Waals surface area contributed by atoms with Gasteiger partial charge in [-0.3, -0.25) is 0 Å². The second-order valence-electron chi connectivity index (χ2n) is 5.30. The van der Waals surface area contributed by atoms with E-state index >= 15 is 0 Å². The Kier molecular flexibility index (Phi) is 4.34. The summed E-state index contributed by atoms with van der Waals surface area (Å²) in [6.45, 7) is 2.80. The first kappa shape index (κ1) is 14.3. The minimum atomic E-state index is -0.0250. The Morgan fingerprint density at radius 1 is 1.43 bits per heavy atom. The quantitative estimate of drug-likeness (QED) is 0.883. The molecule has 1 saturated heterocycles. The first-order valence-corrected chi connectivity index (χ1v) is 7.32. The van der Waals surface area contributed by atoms with Crippen molar-refractivity contribution in [2.24, 2.45) is 0 Å². The largest absolute Gasteiger partial charge is 0.394 e.